The first-order valence-electron chi connectivity index (χ1n) is 7.31. The first-order valence-corrected chi connectivity index (χ1v) is 7.31. The Balaban J connectivity index is 1.94. The maximum atomic E-state index is 9.59. The van der Waals surface area contributed by atoms with Crippen LogP contribution in [0.1, 0.15) is 35.9 Å². The number of benzene rings is 2. The van der Waals surface area contributed by atoms with E-state index < -0.39 is 6.29 Å². The summed E-state index contributed by atoms with van der Waals surface area (Å²) in [5.74, 6) is 0.865. The van der Waals surface area contributed by atoms with Gasteiger partial charge in [0.25, 0.3) is 0 Å². The monoisotopic (exact) mass is 301 g/mol. The highest BCUT2D eigenvalue weighted by atomic mass is 16.6. The highest BCUT2D eigenvalue weighted by Crippen LogP contribution is 2.19. The zero-order valence-corrected chi connectivity index (χ0v) is 13.2. The van der Waals surface area contributed by atoms with E-state index in [0.717, 1.165) is 23.4 Å². The highest BCUT2D eigenvalue weighted by molar-refractivity contribution is 5.30. The third-order valence-corrected chi connectivity index (χ3v) is 3.69. The van der Waals surface area contributed by atoms with Gasteiger partial charge in [-0.25, -0.2) is 0 Å². The number of hydrogen-bond acceptors (Lipinski definition) is 4. The number of aliphatic hydroxyl groups excluding tert-OH is 1. The van der Waals surface area contributed by atoms with E-state index in [0.29, 0.717) is 0 Å². The first kappa shape index (κ1) is 16.5. The van der Waals surface area contributed by atoms with Crippen LogP contribution in [0.3, 0.4) is 0 Å². The van der Waals surface area contributed by atoms with Crippen LogP contribution in [0.25, 0.3) is 0 Å². The molecule has 2 aromatic rings. The van der Waals surface area contributed by atoms with Crippen molar-refractivity contribution in [2.45, 2.75) is 25.8 Å². The molecule has 0 aliphatic heterocycles. The van der Waals surface area contributed by atoms with Crippen molar-refractivity contribution < 1.29 is 14.6 Å². The molecule has 0 amide bonds. The zero-order chi connectivity index (χ0) is 15.9. The number of ether oxygens (including phenoxy) is 2. The minimum atomic E-state index is -0.863. The van der Waals surface area contributed by atoms with Gasteiger partial charge in [0.1, 0.15) is 5.75 Å². The van der Waals surface area contributed by atoms with E-state index in [2.05, 4.69) is 18.3 Å². The molecule has 118 valence electrons. The molecule has 22 heavy (non-hydrogen) atoms. The summed E-state index contributed by atoms with van der Waals surface area (Å²) in [5, 5.41) is 13.1. The van der Waals surface area contributed by atoms with Gasteiger partial charge in [0.2, 0.25) is 0 Å². The molecule has 4 nitrogen and oxygen atoms in total. The molecule has 0 radical (unpaired) electrons. The second kappa shape index (κ2) is 7.94. The molecular weight excluding hydrogens is 278 g/mol. The summed E-state index contributed by atoms with van der Waals surface area (Å²) in [6.07, 6.45) is -0.863. The molecule has 0 saturated carbocycles. The van der Waals surface area contributed by atoms with Gasteiger partial charge in [0.05, 0.1) is 7.11 Å². The van der Waals surface area contributed by atoms with Crippen molar-refractivity contribution in [3.8, 4) is 5.75 Å². The Morgan fingerprint density at radius 3 is 2.41 bits per heavy atom. The third-order valence-electron chi connectivity index (χ3n) is 3.69. The highest BCUT2D eigenvalue weighted by Gasteiger charge is 2.07. The summed E-state index contributed by atoms with van der Waals surface area (Å²) in [4.78, 5) is 0. The van der Waals surface area contributed by atoms with Crippen molar-refractivity contribution >= 4 is 0 Å². The Labute approximate surface area is 131 Å². The van der Waals surface area contributed by atoms with Crippen LogP contribution in [0.4, 0.5) is 0 Å². The summed E-state index contributed by atoms with van der Waals surface area (Å²) in [5.41, 5.74) is 3.10. The van der Waals surface area contributed by atoms with Gasteiger partial charge in [-0.15, -0.1) is 0 Å². The summed E-state index contributed by atoms with van der Waals surface area (Å²) in [6, 6.07) is 16.0. The van der Waals surface area contributed by atoms with Gasteiger partial charge in [0.15, 0.2) is 6.29 Å². The Morgan fingerprint density at radius 2 is 1.77 bits per heavy atom. The second-order valence-electron chi connectivity index (χ2n) is 5.21. The van der Waals surface area contributed by atoms with Crippen LogP contribution in [0.5, 0.6) is 5.75 Å². The van der Waals surface area contributed by atoms with Crippen LogP contribution in [0.2, 0.25) is 0 Å². The molecule has 0 aromatic heterocycles. The fourth-order valence-corrected chi connectivity index (χ4v) is 2.24. The van der Waals surface area contributed by atoms with Crippen molar-refractivity contribution in [1.29, 1.82) is 0 Å². The van der Waals surface area contributed by atoms with Crippen molar-refractivity contribution in [3.63, 3.8) is 0 Å². The predicted molar refractivity (Wildman–Crippen MR) is 86.7 cm³/mol. The summed E-state index contributed by atoms with van der Waals surface area (Å²) < 4.78 is 10.1. The molecule has 2 atom stereocenters. The van der Waals surface area contributed by atoms with Crippen molar-refractivity contribution in [1.82, 2.24) is 5.32 Å². The maximum Gasteiger partial charge on any atom is 0.180 e. The normalized spacial score (nSPS) is 13.6. The van der Waals surface area contributed by atoms with E-state index >= 15 is 0 Å². The van der Waals surface area contributed by atoms with Gasteiger partial charge in [0, 0.05) is 25.3 Å². The SMILES string of the molecule is COc1cccc([C@@H](C)NCc2ccc(C(O)OC)cc2)c1. The van der Waals surface area contributed by atoms with E-state index in [9.17, 15) is 5.11 Å². The average Bonchev–Trinajstić information content (AvgIpc) is 2.59. The number of hydrogen-bond donors (Lipinski definition) is 2. The minimum absolute atomic E-state index is 0.222. The van der Waals surface area contributed by atoms with E-state index in [1.54, 1.807) is 7.11 Å². The lowest BCUT2D eigenvalue weighted by atomic mass is 10.1. The van der Waals surface area contributed by atoms with Crippen LogP contribution in [0.15, 0.2) is 48.5 Å². The third kappa shape index (κ3) is 4.31. The van der Waals surface area contributed by atoms with Gasteiger partial charge in [-0.2, -0.15) is 0 Å². The van der Waals surface area contributed by atoms with Crippen LogP contribution in [-0.4, -0.2) is 19.3 Å². The van der Waals surface area contributed by atoms with E-state index in [1.165, 1.54) is 12.7 Å². The zero-order valence-electron chi connectivity index (χ0n) is 13.2. The number of aliphatic hydroxyl groups is 1. The topological polar surface area (TPSA) is 50.7 Å². The molecule has 4 heteroatoms. The average molecular weight is 301 g/mol. The number of rotatable bonds is 7. The maximum absolute atomic E-state index is 9.59. The summed E-state index contributed by atoms with van der Waals surface area (Å²) >= 11 is 0. The van der Waals surface area contributed by atoms with Crippen molar-refractivity contribution in [3.05, 3.63) is 65.2 Å². The van der Waals surface area contributed by atoms with Gasteiger partial charge < -0.3 is 19.9 Å². The quantitative estimate of drug-likeness (QED) is 0.771. The molecule has 0 aliphatic rings. The Kier molecular flexibility index (Phi) is 5.95. The molecule has 0 bridgehead atoms. The van der Waals surface area contributed by atoms with E-state index in [-0.39, 0.29) is 6.04 Å². The molecule has 1 unspecified atom stereocenters. The van der Waals surface area contributed by atoms with Crippen molar-refractivity contribution in [2.75, 3.05) is 14.2 Å². The molecule has 0 fully saturated rings. The van der Waals surface area contributed by atoms with Crippen LogP contribution >= 0.6 is 0 Å². The van der Waals surface area contributed by atoms with E-state index in [1.807, 2.05) is 42.5 Å². The Morgan fingerprint density at radius 1 is 1.05 bits per heavy atom. The summed E-state index contributed by atoms with van der Waals surface area (Å²) in [7, 11) is 3.16. The molecule has 2 N–H and O–H groups in total. The van der Waals surface area contributed by atoms with Gasteiger partial charge in [-0.3, -0.25) is 0 Å². The lowest BCUT2D eigenvalue weighted by molar-refractivity contribution is -0.0769. The van der Waals surface area contributed by atoms with Gasteiger partial charge in [-0.1, -0.05) is 36.4 Å². The lowest BCUT2D eigenvalue weighted by Gasteiger charge is -2.16. The Bertz CT molecular complexity index is 583. The smallest absolute Gasteiger partial charge is 0.180 e. The predicted octanol–water partition coefficient (Wildman–Crippen LogP) is 3.18. The molecular formula is C18H23NO3. The minimum Gasteiger partial charge on any atom is -0.497 e. The lowest BCUT2D eigenvalue weighted by Crippen LogP contribution is -2.18. The van der Waals surface area contributed by atoms with Gasteiger partial charge in [-0.05, 0) is 30.2 Å². The molecule has 0 spiro atoms. The fourth-order valence-electron chi connectivity index (χ4n) is 2.24. The number of nitrogens with one attached hydrogen (secondary N) is 1. The van der Waals surface area contributed by atoms with Gasteiger partial charge >= 0.3 is 0 Å². The molecule has 0 saturated heterocycles. The largest absolute Gasteiger partial charge is 0.497 e. The van der Waals surface area contributed by atoms with Crippen molar-refractivity contribution in [2.24, 2.45) is 0 Å². The molecule has 0 heterocycles. The van der Waals surface area contributed by atoms with E-state index in [4.69, 9.17) is 9.47 Å². The molecule has 0 aliphatic carbocycles. The number of methoxy groups -OCH3 is 2. The van der Waals surface area contributed by atoms with Crippen LogP contribution in [-0.2, 0) is 11.3 Å². The Hall–Kier alpha value is -1.88. The summed E-state index contributed by atoms with van der Waals surface area (Å²) in [6.45, 7) is 2.87. The van der Waals surface area contributed by atoms with Crippen LogP contribution in [0, 0.1) is 0 Å². The fraction of sp³-hybridized carbons (Fsp3) is 0.333. The molecule has 2 aromatic carbocycles. The van der Waals surface area contributed by atoms with Crippen LogP contribution < -0.4 is 10.1 Å². The molecule has 2 rings (SSSR count). The second-order valence-corrected chi connectivity index (χ2v) is 5.21. The first-order chi connectivity index (χ1) is 10.6. The standard InChI is InChI=1S/C18H23NO3/c1-13(16-5-4-6-17(11-16)21-2)19-12-14-7-9-15(10-8-14)18(20)22-3/h4-11,13,18-20H,12H2,1-3H3/t13-,18?/m1/s1.